The predicted octanol–water partition coefficient (Wildman–Crippen LogP) is 4.49. The summed E-state index contributed by atoms with van der Waals surface area (Å²) in [4.78, 5) is 0. The van der Waals surface area contributed by atoms with Gasteiger partial charge in [0.1, 0.15) is 0 Å². The molecule has 0 saturated carbocycles. The number of aryl methyl sites for hydroxylation is 1. The highest BCUT2D eigenvalue weighted by Crippen LogP contribution is 2.21. The molecule has 0 aliphatic rings. The number of ether oxygens (including phenoxy) is 1. The molecule has 2 nitrogen and oxygen atoms in total. The smallest absolute Gasteiger partial charge is 0.0949 e. The van der Waals surface area contributed by atoms with Gasteiger partial charge in [-0.1, -0.05) is 62.9 Å². The summed E-state index contributed by atoms with van der Waals surface area (Å²) in [6, 6.07) is 8.65. The first-order chi connectivity index (χ1) is 9.71. The molecule has 114 valence electrons. The van der Waals surface area contributed by atoms with Crippen LogP contribution in [0.4, 0.5) is 0 Å². The summed E-state index contributed by atoms with van der Waals surface area (Å²) >= 11 is 0. The Bertz CT molecular complexity index is 364. The zero-order chi connectivity index (χ0) is 14.8. The highest BCUT2D eigenvalue weighted by atomic mass is 16.5. The zero-order valence-corrected chi connectivity index (χ0v) is 13.6. The zero-order valence-electron chi connectivity index (χ0n) is 13.6. The van der Waals surface area contributed by atoms with Gasteiger partial charge in [0.2, 0.25) is 0 Å². The summed E-state index contributed by atoms with van der Waals surface area (Å²) in [5.41, 5.74) is 2.58. The molecule has 0 saturated heterocycles. The molecular weight excluding hydrogens is 246 g/mol. The lowest BCUT2D eigenvalue weighted by atomic mass is 10.00. The van der Waals surface area contributed by atoms with Gasteiger partial charge in [-0.2, -0.15) is 0 Å². The van der Waals surface area contributed by atoms with Gasteiger partial charge in [-0.25, -0.2) is 0 Å². The first kappa shape index (κ1) is 17.2. The molecule has 0 spiro atoms. The first-order valence-corrected chi connectivity index (χ1v) is 8.04. The number of nitrogens with one attached hydrogen (secondary N) is 1. The fourth-order valence-electron chi connectivity index (χ4n) is 2.48. The molecule has 20 heavy (non-hydrogen) atoms. The van der Waals surface area contributed by atoms with E-state index in [0.717, 1.165) is 13.2 Å². The Kier molecular flexibility index (Phi) is 8.56. The van der Waals surface area contributed by atoms with Crippen LogP contribution in [0.3, 0.4) is 0 Å². The van der Waals surface area contributed by atoms with E-state index in [4.69, 9.17) is 4.74 Å². The van der Waals surface area contributed by atoms with Crippen LogP contribution in [-0.2, 0) is 4.74 Å². The van der Waals surface area contributed by atoms with E-state index in [9.17, 15) is 0 Å². The summed E-state index contributed by atoms with van der Waals surface area (Å²) in [5, 5.41) is 3.25. The van der Waals surface area contributed by atoms with Crippen LogP contribution < -0.4 is 5.32 Å². The summed E-state index contributed by atoms with van der Waals surface area (Å²) < 4.78 is 6.21. The van der Waals surface area contributed by atoms with Crippen molar-refractivity contribution in [3.05, 3.63) is 35.4 Å². The number of unbranched alkanes of at least 4 members (excludes halogenated alkanes) is 1. The van der Waals surface area contributed by atoms with Crippen molar-refractivity contribution in [1.82, 2.24) is 5.32 Å². The molecule has 0 aliphatic heterocycles. The fraction of sp³-hybridized carbons (Fsp3) is 0.667. The average Bonchev–Trinajstić information content (AvgIpc) is 2.46. The van der Waals surface area contributed by atoms with Crippen molar-refractivity contribution in [2.45, 2.75) is 52.6 Å². The molecular formula is C18H31NO. The number of hydrogen-bond donors (Lipinski definition) is 1. The molecule has 2 heteroatoms. The molecule has 0 aliphatic carbocycles. The molecule has 0 amide bonds. The van der Waals surface area contributed by atoms with Crippen molar-refractivity contribution in [2.24, 2.45) is 5.92 Å². The van der Waals surface area contributed by atoms with Gasteiger partial charge in [-0.05, 0) is 31.9 Å². The molecule has 0 heterocycles. The average molecular weight is 277 g/mol. The molecule has 2 atom stereocenters. The monoisotopic (exact) mass is 277 g/mol. The van der Waals surface area contributed by atoms with Gasteiger partial charge < -0.3 is 10.1 Å². The van der Waals surface area contributed by atoms with Gasteiger partial charge in [-0.15, -0.1) is 0 Å². The van der Waals surface area contributed by atoms with E-state index in [0.29, 0.717) is 5.92 Å². The molecule has 0 fully saturated rings. The van der Waals surface area contributed by atoms with E-state index in [-0.39, 0.29) is 6.10 Å². The molecule has 0 radical (unpaired) electrons. The maximum absolute atomic E-state index is 6.21. The maximum atomic E-state index is 6.21. The Labute approximate surface area is 124 Å². The van der Waals surface area contributed by atoms with E-state index in [2.05, 4.69) is 50.4 Å². The molecule has 0 aromatic heterocycles. The van der Waals surface area contributed by atoms with E-state index < -0.39 is 0 Å². The van der Waals surface area contributed by atoms with Crippen LogP contribution >= 0.6 is 0 Å². The second-order valence-corrected chi connectivity index (χ2v) is 5.71. The van der Waals surface area contributed by atoms with Gasteiger partial charge in [-0.3, -0.25) is 0 Å². The first-order valence-electron chi connectivity index (χ1n) is 8.04. The lowest BCUT2D eigenvalue weighted by Crippen LogP contribution is -2.22. The minimum atomic E-state index is 0.163. The van der Waals surface area contributed by atoms with Crippen molar-refractivity contribution in [2.75, 3.05) is 20.2 Å². The second-order valence-electron chi connectivity index (χ2n) is 5.71. The maximum Gasteiger partial charge on any atom is 0.0949 e. The minimum absolute atomic E-state index is 0.163. The lowest BCUT2D eigenvalue weighted by molar-refractivity contribution is 0.0260. The molecule has 1 N–H and O–H groups in total. The SMILES string of the molecule is CCCCC(CC)COC(CNC)c1cccc(C)c1. The third kappa shape index (κ3) is 6.06. The topological polar surface area (TPSA) is 21.3 Å². The van der Waals surface area contributed by atoms with Crippen molar-refractivity contribution in [3.63, 3.8) is 0 Å². The molecule has 2 unspecified atom stereocenters. The Morgan fingerprint density at radius 1 is 1.25 bits per heavy atom. The molecule has 1 rings (SSSR count). The quantitative estimate of drug-likeness (QED) is 0.680. The van der Waals surface area contributed by atoms with Crippen molar-refractivity contribution < 1.29 is 4.74 Å². The van der Waals surface area contributed by atoms with Gasteiger partial charge in [0.05, 0.1) is 12.7 Å². The van der Waals surface area contributed by atoms with Gasteiger partial charge in [0.25, 0.3) is 0 Å². The van der Waals surface area contributed by atoms with Crippen LogP contribution in [0.15, 0.2) is 24.3 Å². The highest BCUT2D eigenvalue weighted by molar-refractivity contribution is 5.24. The van der Waals surface area contributed by atoms with E-state index in [1.807, 2.05) is 7.05 Å². The number of likely N-dealkylation sites (N-methyl/N-ethyl adjacent to an activating group) is 1. The van der Waals surface area contributed by atoms with Crippen molar-refractivity contribution >= 4 is 0 Å². The van der Waals surface area contributed by atoms with Crippen LogP contribution in [-0.4, -0.2) is 20.2 Å². The second kappa shape index (κ2) is 9.95. The summed E-state index contributed by atoms with van der Waals surface area (Å²) in [6.07, 6.45) is 5.24. The van der Waals surface area contributed by atoms with Crippen molar-refractivity contribution in [3.8, 4) is 0 Å². The Morgan fingerprint density at radius 2 is 2.05 bits per heavy atom. The molecule has 1 aromatic rings. The van der Waals surface area contributed by atoms with Gasteiger partial charge in [0, 0.05) is 6.54 Å². The van der Waals surface area contributed by atoms with Gasteiger partial charge >= 0.3 is 0 Å². The summed E-state index contributed by atoms with van der Waals surface area (Å²) in [7, 11) is 1.99. The number of rotatable bonds is 10. The predicted molar refractivity (Wildman–Crippen MR) is 87.1 cm³/mol. The Balaban J connectivity index is 2.58. The van der Waals surface area contributed by atoms with Crippen LogP contribution in [0, 0.1) is 12.8 Å². The third-order valence-corrected chi connectivity index (χ3v) is 3.88. The lowest BCUT2D eigenvalue weighted by Gasteiger charge is -2.22. The summed E-state index contributed by atoms with van der Waals surface area (Å²) in [6.45, 7) is 8.40. The highest BCUT2D eigenvalue weighted by Gasteiger charge is 2.14. The molecule has 1 aromatic carbocycles. The van der Waals surface area contributed by atoms with E-state index >= 15 is 0 Å². The van der Waals surface area contributed by atoms with E-state index in [1.54, 1.807) is 0 Å². The Morgan fingerprint density at radius 3 is 2.65 bits per heavy atom. The van der Waals surface area contributed by atoms with Crippen LogP contribution in [0.5, 0.6) is 0 Å². The van der Waals surface area contributed by atoms with Crippen molar-refractivity contribution in [1.29, 1.82) is 0 Å². The van der Waals surface area contributed by atoms with Crippen LogP contribution in [0.2, 0.25) is 0 Å². The Hall–Kier alpha value is -0.860. The largest absolute Gasteiger partial charge is 0.372 e. The van der Waals surface area contributed by atoms with Gasteiger partial charge in [0.15, 0.2) is 0 Å². The minimum Gasteiger partial charge on any atom is -0.372 e. The van der Waals surface area contributed by atoms with E-state index in [1.165, 1.54) is 36.8 Å². The standard InChI is InChI=1S/C18H31NO/c1-5-7-10-16(6-2)14-20-18(13-19-4)17-11-8-9-15(3)12-17/h8-9,11-12,16,18-19H,5-7,10,13-14H2,1-4H3. The number of hydrogen-bond acceptors (Lipinski definition) is 2. The molecule has 0 bridgehead atoms. The van der Waals surface area contributed by atoms with Crippen LogP contribution in [0.1, 0.15) is 56.8 Å². The number of benzene rings is 1. The fourth-order valence-corrected chi connectivity index (χ4v) is 2.48. The third-order valence-electron chi connectivity index (χ3n) is 3.88. The normalized spacial score (nSPS) is 14.2. The van der Waals surface area contributed by atoms with Crippen LogP contribution in [0.25, 0.3) is 0 Å². The summed E-state index contributed by atoms with van der Waals surface area (Å²) in [5.74, 6) is 0.694.